The predicted molar refractivity (Wildman–Crippen MR) is 102 cm³/mol. The average Bonchev–Trinajstić information content (AvgIpc) is 2.53. The zero-order valence-electron chi connectivity index (χ0n) is 16.8. The van der Waals surface area contributed by atoms with Crippen LogP contribution in [0, 0.1) is 0 Å². The molecule has 1 fully saturated rings. The fourth-order valence-electron chi connectivity index (χ4n) is 3.14. The van der Waals surface area contributed by atoms with Gasteiger partial charge in [0.05, 0.1) is 0 Å². The highest BCUT2D eigenvalue weighted by Gasteiger charge is 2.17. The Morgan fingerprint density at radius 3 is 1.48 bits per heavy atom. The van der Waals surface area contributed by atoms with E-state index in [0.29, 0.717) is 24.2 Å². The van der Waals surface area contributed by atoms with Crippen LogP contribution in [0.25, 0.3) is 0 Å². The van der Waals surface area contributed by atoms with Gasteiger partial charge in [0.25, 0.3) is 0 Å². The Morgan fingerprint density at radius 2 is 1.00 bits per heavy atom. The third-order valence-corrected chi connectivity index (χ3v) is 6.03. The Balaban J connectivity index is 2.60. The molecule has 0 saturated carbocycles. The highest BCUT2D eigenvalue weighted by atomic mass is 15.2. The molecule has 4 nitrogen and oxygen atoms in total. The van der Waals surface area contributed by atoms with Crippen molar-refractivity contribution in [3.63, 3.8) is 0 Å². The summed E-state index contributed by atoms with van der Waals surface area (Å²) in [6, 6.07) is 2.58. The fourth-order valence-corrected chi connectivity index (χ4v) is 3.14. The van der Waals surface area contributed by atoms with Crippen LogP contribution >= 0.6 is 0 Å². The quantitative estimate of drug-likeness (QED) is 0.738. The first kappa shape index (κ1) is 20.9. The molecule has 4 heteroatoms. The van der Waals surface area contributed by atoms with Gasteiger partial charge >= 0.3 is 0 Å². The molecule has 0 bridgehead atoms. The minimum Gasteiger partial charge on any atom is -0.314 e. The van der Waals surface area contributed by atoms with E-state index in [-0.39, 0.29) is 0 Å². The Hall–Kier alpha value is -0.160. The van der Waals surface area contributed by atoms with Gasteiger partial charge in [0.1, 0.15) is 0 Å². The first-order valence-corrected chi connectivity index (χ1v) is 9.65. The summed E-state index contributed by atoms with van der Waals surface area (Å²) in [5.74, 6) is 0. The van der Waals surface area contributed by atoms with Crippen LogP contribution in [0.1, 0.15) is 53.4 Å². The second kappa shape index (κ2) is 10.7. The number of rotatable bonds is 0. The van der Waals surface area contributed by atoms with Crippen LogP contribution in [0.15, 0.2) is 0 Å². The van der Waals surface area contributed by atoms with E-state index in [4.69, 9.17) is 0 Å². The van der Waals surface area contributed by atoms with Gasteiger partial charge in [0.2, 0.25) is 0 Å². The molecule has 1 N–H and O–H groups in total. The number of nitrogens with zero attached hydrogens (tertiary/aromatic N) is 3. The van der Waals surface area contributed by atoms with Crippen LogP contribution in [-0.4, -0.2) is 86.2 Å². The van der Waals surface area contributed by atoms with E-state index in [9.17, 15) is 0 Å². The van der Waals surface area contributed by atoms with E-state index < -0.39 is 0 Å². The van der Waals surface area contributed by atoms with E-state index in [1.54, 1.807) is 0 Å². The Morgan fingerprint density at radius 1 is 0.609 bits per heavy atom. The van der Waals surface area contributed by atoms with Gasteiger partial charge in [-0.2, -0.15) is 0 Å². The molecule has 1 aliphatic heterocycles. The molecule has 1 aliphatic rings. The summed E-state index contributed by atoms with van der Waals surface area (Å²) >= 11 is 0. The first-order chi connectivity index (χ1) is 10.8. The van der Waals surface area contributed by atoms with Crippen LogP contribution in [0.3, 0.4) is 0 Å². The molecule has 0 aromatic rings. The van der Waals surface area contributed by atoms with Crippen LogP contribution in [0.2, 0.25) is 0 Å². The van der Waals surface area contributed by atoms with Gasteiger partial charge in [0.15, 0.2) is 0 Å². The molecule has 0 spiro atoms. The van der Waals surface area contributed by atoms with Crippen molar-refractivity contribution >= 4 is 0 Å². The molecule has 1 saturated heterocycles. The third-order valence-electron chi connectivity index (χ3n) is 6.03. The van der Waals surface area contributed by atoms with Crippen molar-refractivity contribution in [2.24, 2.45) is 0 Å². The molecular weight excluding hydrogens is 284 g/mol. The van der Waals surface area contributed by atoms with Gasteiger partial charge in [-0.1, -0.05) is 0 Å². The van der Waals surface area contributed by atoms with Crippen LogP contribution in [-0.2, 0) is 0 Å². The van der Waals surface area contributed by atoms with Gasteiger partial charge in [-0.3, -0.25) is 0 Å². The normalized spacial score (nSPS) is 36.1. The van der Waals surface area contributed by atoms with Crippen LogP contribution in [0.4, 0.5) is 0 Å². The molecule has 0 radical (unpaired) electrons. The number of hydrogen-bond donors (Lipinski definition) is 1. The topological polar surface area (TPSA) is 21.8 Å². The molecule has 4 unspecified atom stereocenters. The second-order valence-corrected chi connectivity index (χ2v) is 8.00. The summed E-state index contributed by atoms with van der Waals surface area (Å²) in [6.07, 6.45) is 4.98. The van der Waals surface area contributed by atoms with Crippen molar-refractivity contribution in [2.75, 3.05) is 47.3 Å². The van der Waals surface area contributed by atoms with Gasteiger partial charge in [-0.25, -0.2) is 0 Å². The summed E-state index contributed by atoms with van der Waals surface area (Å²) in [7, 11) is 6.85. The van der Waals surface area contributed by atoms with E-state index in [1.165, 1.54) is 45.3 Å². The number of nitrogens with one attached hydrogen (secondary N) is 1. The summed E-state index contributed by atoms with van der Waals surface area (Å²) in [6.45, 7) is 14.1. The molecule has 0 amide bonds. The lowest BCUT2D eigenvalue weighted by atomic mass is 10.1. The van der Waals surface area contributed by atoms with Crippen molar-refractivity contribution in [3.8, 4) is 0 Å². The van der Waals surface area contributed by atoms with Gasteiger partial charge in [0, 0.05) is 24.2 Å². The van der Waals surface area contributed by atoms with E-state index >= 15 is 0 Å². The van der Waals surface area contributed by atoms with Crippen molar-refractivity contribution in [1.82, 2.24) is 20.0 Å². The Bertz CT molecular complexity index is 310. The fraction of sp³-hybridized carbons (Fsp3) is 1.00. The van der Waals surface area contributed by atoms with E-state index in [0.717, 1.165) is 6.54 Å². The lowest BCUT2D eigenvalue weighted by Gasteiger charge is -2.32. The van der Waals surface area contributed by atoms with Crippen molar-refractivity contribution < 1.29 is 0 Å². The lowest BCUT2D eigenvalue weighted by Crippen LogP contribution is -2.41. The molecule has 0 aromatic heterocycles. The molecule has 1 rings (SSSR count). The third kappa shape index (κ3) is 7.97. The largest absolute Gasteiger partial charge is 0.314 e. The van der Waals surface area contributed by atoms with Crippen LogP contribution in [0.5, 0.6) is 0 Å². The lowest BCUT2D eigenvalue weighted by molar-refractivity contribution is 0.165. The Labute approximate surface area is 145 Å². The molecule has 23 heavy (non-hydrogen) atoms. The zero-order valence-corrected chi connectivity index (χ0v) is 16.8. The maximum Gasteiger partial charge on any atom is 0.00760 e. The van der Waals surface area contributed by atoms with Gasteiger partial charge in [-0.15, -0.1) is 0 Å². The number of hydrogen-bond acceptors (Lipinski definition) is 4. The molecule has 0 aliphatic carbocycles. The molecule has 1 heterocycles. The van der Waals surface area contributed by atoms with Crippen molar-refractivity contribution in [3.05, 3.63) is 0 Å². The van der Waals surface area contributed by atoms with Gasteiger partial charge < -0.3 is 20.0 Å². The first-order valence-electron chi connectivity index (χ1n) is 9.65. The smallest absolute Gasteiger partial charge is 0.00760 e. The zero-order chi connectivity index (χ0) is 17.4. The minimum atomic E-state index is 0.609. The molecule has 0 aromatic carbocycles. The average molecular weight is 327 g/mol. The summed E-state index contributed by atoms with van der Waals surface area (Å²) in [5.41, 5.74) is 0. The standard InChI is InChI=1S/C19H42N4/c1-16-9-13-21(5)18(3)11-15-23(7)19(4)10-14-22(6)17(2)8-12-20-16/h16-20H,8-15H2,1-7H3. The van der Waals surface area contributed by atoms with E-state index in [1.807, 2.05) is 0 Å². The maximum absolute atomic E-state index is 3.71. The summed E-state index contributed by atoms with van der Waals surface area (Å²) in [5, 5.41) is 3.71. The highest BCUT2D eigenvalue weighted by Crippen LogP contribution is 2.10. The summed E-state index contributed by atoms with van der Waals surface area (Å²) in [4.78, 5) is 7.59. The second-order valence-electron chi connectivity index (χ2n) is 8.00. The van der Waals surface area contributed by atoms with Crippen molar-refractivity contribution in [1.29, 1.82) is 0 Å². The molecule has 138 valence electrons. The van der Waals surface area contributed by atoms with Crippen LogP contribution < -0.4 is 5.32 Å². The van der Waals surface area contributed by atoms with Crippen molar-refractivity contribution in [2.45, 2.75) is 77.5 Å². The van der Waals surface area contributed by atoms with E-state index in [2.05, 4.69) is 68.9 Å². The SMILES string of the molecule is CC1CCN(C)C(C)CCN(C)C(C)CCN(C)C(C)CCN1. The predicted octanol–water partition coefficient (Wildman–Crippen LogP) is 2.50. The monoisotopic (exact) mass is 326 g/mol. The maximum atomic E-state index is 3.71. The molecular formula is C19H42N4. The van der Waals surface area contributed by atoms with Gasteiger partial charge in [-0.05, 0) is 101 Å². The minimum absolute atomic E-state index is 0.609. The molecule has 4 atom stereocenters. The highest BCUT2D eigenvalue weighted by molar-refractivity contribution is 4.74. The Kier molecular flexibility index (Phi) is 9.67. The summed E-state index contributed by atoms with van der Waals surface area (Å²) < 4.78 is 0.